The topological polar surface area (TPSA) is 69.4 Å². The van der Waals surface area contributed by atoms with Crippen LogP contribution in [-0.4, -0.2) is 44.1 Å². The summed E-state index contributed by atoms with van der Waals surface area (Å²) in [6, 6.07) is 15.6. The monoisotopic (exact) mass is 684 g/mol. The van der Waals surface area contributed by atoms with Gasteiger partial charge in [-0.1, -0.05) is 54.4 Å². The number of carbonyl (C=O) groups is 2. The second-order valence-corrected chi connectivity index (χ2v) is 13.6. The van der Waals surface area contributed by atoms with Crippen LogP contribution in [0.25, 0.3) is 22.0 Å². The summed E-state index contributed by atoms with van der Waals surface area (Å²) in [5, 5.41) is 7.12. The number of aromatic nitrogens is 3. The summed E-state index contributed by atoms with van der Waals surface area (Å²) in [7, 11) is 1.94. The van der Waals surface area contributed by atoms with Crippen LogP contribution in [0.2, 0.25) is 10.0 Å². The second-order valence-electron chi connectivity index (χ2n) is 12.8. The van der Waals surface area contributed by atoms with Gasteiger partial charge in [0.2, 0.25) is 0 Å². The predicted molar refractivity (Wildman–Crippen MR) is 194 cm³/mol. The molecule has 6 rings (SSSR count). The second kappa shape index (κ2) is 13.8. The zero-order valence-electron chi connectivity index (χ0n) is 28.5. The molecule has 1 aliphatic heterocycles. The first-order chi connectivity index (χ1) is 23.0. The number of halogens is 2. The molecular formula is C39H42Cl2N4O3. The van der Waals surface area contributed by atoms with Gasteiger partial charge in [0.25, 0.3) is 5.91 Å². The first kappa shape index (κ1) is 33.8. The van der Waals surface area contributed by atoms with Gasteiger partial charge in [0.05, 0.1) is 22.8 Å². The molecule has 5 aromatic rings. The van der Waals surface area contributed by atoms with Crippen LogP contribution in [0.1, 0.15) is 80.7 Å². The minimum absolute atomic E-state index is 0.0162. The maximum absolute atomic E-state index is 14.7. The number of benzene rings is 3. The molecule has 3 aromatic carbocycles. The first-order valence-electron chi connectivity index (χ1n) is 16.6. The zero-order valence-corrected chi connectivity index (χ0v) is 30.1. The van der Waals surface area contributed by atoms with Crippen molar-refractivity contribution in [2.45, 2.75) is 73.4 Å². The molecule has 0 unspecified atom stereocenters. The fraction of sp³-hybridized carbons (Fsp3) is 0.359. The van der Waals surface area contributed by atoms with Gasteiger partial charge in [-0.05, 0) is 93.5 Å². The van der Waals surface area contributed by atoms with Gasteiger partial charge in [0, 0.05) is 65.9 Å². The first-order valence-corrected chi connectivity index (χ1v) is 17.4. The molecule has 0 aliphatic carbocycles. The van der Waals surface area contributed by atoms with E-state index in [2.05, 4.69) is 17.6 Å². The number of hydrogen-bond acceptors (Lipinski definition) is 4. The summed E-state index contributed by atoms with van der Waals surface area (Å²) in [6.07, 6.45) is 2.59. The Kier molecular flexibility index (Phi) is 9.73. The van der Waals surface area contributed by atoms with E-state index in [1.165, 1.54) is 0 Å². The standard InChI is InChI=1S/C39H42Cl2N4O3/c1-7-33(46)28-12-8-11-27(21-28)22-44-16-10-17-45-37-31(14-15-32(40)35(37)34-25(4)42-43(6)26(34)5)30(38(45)39(44)47)13-9-18-48-29-19-23(2)36(41)24(3)20-29/h8,11-12,14-15,19-21H,7,9-10,13,16-18,22H2,1-6H3. The average molecular weight is 686 g/mol. The van der Waals surface area contributed by atoms with E-state index in [1.807, 2.05) is 86.8 Å². The molecule has 0 N–H and O–H groups in total. The fourth-order valence-electron chi connectivity index (χ4n) is 7.11. The SMILES string of the molecule is CCC(=O)c1cccc(CN2CCCn3c(c(CCCOc4cc(C)c(Cl)c(C)c4)c4ccc(Cl)c(-c5c(C)nn(C)c5C)c43)C2=O)c1. The quantitative estimate of drug-likeness (QED) is 0.109. The minimum atomic E-state index is -0.0162. The molecule has 3 heterocycles. The molecule has 7 nitrogen and oxygen atoms in total. The van der Waals surface area contributed by atoms with Crippen LogP contribution in [0.3, 0.4) is 0 Å². The molecule has 0 bridgehead atoms. The summed E-state index contributed by atoms with van der Waals surface area (Å²) in [5.41, 5.74) is 10.1. The van der Waals surface area contributed by atoms with Gasteiger partial charge in [0.15, 0.2) is 5.78 Å². The maximum atomic E-state index is 14.7. The Hall–Kier alpha value is -4.07. The molecule has 1 aliphatic rings. The summed E-state index contributed by atoms with van der Waals surface area (Å²) in [6.45, 7) is 12.1. The van der Waals surface area contributed by atoms with Crippen LogP contribution >= 0.6 is 23.2 Å². The molecule has 0 saturated carbocycles. The summed E-state index contributed by atoms with van der Waals surface area (Å²) in [5.74, 6) is 0.869. The average Bonchev–Trinajstić information content (AvgIpc) is 3.44. The van der Waals surface area contributed by atoms with Crippen molar-refractivity contribution < 1.29 is 14.3 Å². The Morgan fingerprint density at radius 3 is 2.42 bits per heavy atom. The normalized spacial score (nSPS) is 13.2. The minimum Gasteiger partial charge on any atom is -0.494 e. The van der Waals surface area contributed by atoms with E-state index in [9.17, 15) is 9.59 Å². The van der Waals surface area contributed by atoms with Crippen molar-refractivity contribution in [3.05, 3.63) is 103 Å². The number of nitrogens with zero attached hydrogens (tertiary/aromatic N) is 4. The summed E-state index contributed by atoms with van der Waals surface area (Å²) in [4.78, 5) is 29.1. The Bertz CT molecular complexity index is 2040. The highest BCUT2D eigenvalue weighted by molar-refractivity contribution is 6.35. The van der Waals surface area contributed by atoms with Gasteiger partial charge < -0.3 is 14.2 Å². The van der Waals surface area contributed by atoms with E-state index in [1.54, 1.807) is 0 Å². The predicted octanol–water partition coefficient (Wildman–Crippen LogP) is 9.23. The molecule has 250 valence electrons. The molecular weight excluding hydrogens is 643 g/mol. The van der Waals surface area contributed by atoms with E-state index in [-0.39, 0.29) is 11.7 Å². The zero-order chi connectivity index (χ0) is 34.3. The van der Waals surface area contributed by atoms with Gasteiger partial charge in [0.1, 0.15) is 11.4 Å². The molecule has 9 heteroatoms. The number of fused-ring (bicyclic) bond motifs is 3. The van der Waals surface area contributed by atoms with Gasteiger partial charge in [-0.2, -0.15) is 5.10 Å². The van der Waals surface area contributed by atoms with Crippen LogP contribution in [0.5, 0.6) is 5.75 Å². The third-order valence-electron chi connectivity index (χ3n) is 9.53. The van der Waals surface area contributed by atoms with Crippen LogP contribution in [-0.2, 0) is 26.6 Å². The van der Waals surface area contributed by atoms with Crippen molar-refractivity contribution in [3.8, 4) is 16.9 Å². The van der Waals surface area contributed by atoms with Crippen molar-refractivity contribution in [2.24, 2.45) is 7.05 Å². The number of amides is 1. The van der Waals surface area contributed by atoms with Crippen LogP contribution in [0.15, 0.2) is 48.5 Å². The third-order valence-corrected chi connectivity index (χ3v) is 10.4. The number of carbonyl (C=O) groups excluding carboxylic acids is 2. The van der Waals surface area contributed by atoms with Crippen molar-refractivity contribution >= 4 is 45.8 Å². The smallest absolute Gasteiger partial charge is 0.271 e. The largest absolute Gasteiger partial charge is 0.494 e. The Labute approximate surface area is 292 Å². The number of rotatable bonds is 10. The molecule has 48 heavy (non-hydrogen) atoms. The van der Waals surface area contributed by atoms with Crippen molar-refractivity contribution in [2.75, 3.05) is 13.2 Å². The lowest BCUT2D eigenvalue weighted by molar-refractivity contribution is 0.0745. The van der Waals surface area contributed by atoms with Gasteiger partial charge in [-0.25, -0.2) is 0 Å². The van der Waals surface area contributed by atoms with Gasteiger partial charge in [-0.3, -0.25) is 14.3 Å². The van der Waals surface area contributed by atoms with Gasteiger partial charge in [-0.15, -0.1) is 0 Å². The third kappa shape index (κ3) is 6.26. The molecule has 2 aromatic heterocycles. The van der Waals surface area contributed by atoms with Crippen molar-refractivity contribution in [3.63, 3.8) is 0 Å². The Morgan fingerprint density at radius 1 is 0.979 bits per heavy atom. The van der Waals surface area contributed by atoms with E-state index in [0.29, 0.717) is 61.8 Å². The van der Waals surface area contributed by atoms with Crippen LogP contribution in [0, 0.1) is 27.7 Å². The van der Waals surface area contributed by atoms with E-state index >= 15 is 0 Å². The Morgan fingerprint density at radius 2 is 1.73 bits per heavy atom. The summed E-state index contributed by atoms with van der Waals surface area (Å²) < 4.78 is 10.3. The van der Waals surface area contributed by atoms with E-state index in [0.717, 1.165) is 72.9 Å². The van der Waals surface area contributed by atoms with Crippen molar-refractivity contribution in [1.29, 1.82) is 0 Å². The summed E-state index contributed by atoms with van der Waals surface area (Å²) >= 11 is 13.4. The number of aryl methyl sites for hydroxylation is 6. The lowest BCUT2D eigenvalue weighted by Crippen LogP contribution is -2.31. The number of ether oxygens (including phenoxy) is 1. The molecule has 0 radical (unpaired) electrons. The van der Waals surface area contributed by atoms with E-state index in [4.69, 9.17) is 33.0 Å². The Balaban J connectivity index is 1.42. The number of ketones is 1. The molecule has 1 amide bonds. The van der Waals surface area contributed by atoms with Crippen molar-refractivity contribution in [1.82, 2.24) is 19.2 Å². The number of Topliss-reactive ketones (excluding diaryl/α,β-unsaturated/α-hetero) is 1. The van der Waals surface area contributed by atoms with E-state index < -0.39 is 0 Å². The molecule has 0 spiro atoms. The molecule has 0 saturated heterocycles. The highest BCUT2D eigenvalue weighted by atomic mass is 35.5. The molecule has 0 atom stereocenters. The maximum Gasteiger partial charge on any atom is 0.271 e. The highest BCUT2D eigenvalue weighted by Crippen LogP contribution is 2.43. The van der Waals surface area contributed by atoms with Gasteiger partial charge >= 0.3 is 0 Å². The van der Waals surface area contributed by atoms with Crippen LogP contribution in [0.4, 0.5) is 0 Å². The lowest BCUT2D eigenvalue weighted by Gasteiger charge is -2.21. The number of hydrogen-bond donors (Lipinski definition) is 0. The molecule has 0 fully saturated rings. The highest BCUT2D eigenvalue weighted by Gasteiger charge is 2.32. The lowest BCUT2D eigenvalue weighted by atomic mass is 9.98. The fourth-order valence-corrected chi connectivity index (χ4v) is 7.46. The van der Waals surface area contributed by atoms with Crippen LogP contribution < -0.4 is 4.74 Å².